The number of hydrogen-bond donors (Lipinski definition) is 1. The Labute approximate surface area is 100.0 Å². The number of carbonyl (C=O) groups excluding carboxylic acids is 3. The summed E-state index contributed by atoms with van der Waals surface area (Å²) in [7, 11) is 0. The van der Waals surface area contributed by atoms with E-state index in [0.29, 0.717) is 5.57 Å². The molecule has 96 valence electrons. The Morgan fingerprint density at radius 3 is 2.29 bits per heavy atom. The van der Waals surface area contributed by atoms with Crippen LogP contribution in [0, 0.1) is 0 Å². The molecule has 0 saturated carbocycles. The normalized spacial score (nSPS) is 9.53. The highest BCUT2D eigenvalue weighted by Gasteiger charge is 2.05. The highest BCUT2D eigenvalue weighted by molar-refractivity contribution is 6.35. The van der Waals surface area contributed by atoms with Gasteiger partial charge in [0.15, 0.2) is 0 Å². The molecule has 0 aromatic heterocycles. The fourth-order valence-corrected chi connectivity index (χ4v) is 0.780. The molecule has 0 aliphatic carbocycles. The largest absolute Gasteiger partial charge is 0.460 e. The lowest BCUT2D eigenvalue weighted by Gasteiger charge is -2.06. The van der Waals surface area contributed by atoms with Crippen molar-refractivity contribution in [1.29, 1.82) is 0 Å². The number of ether oxygens (including phenoxy) is 2. The van der Waals surface area contributed by atoms with Gasteiger partial charge in [0.05, 0.1) is 13.2 Å². The van der Waals surface area contributed by atoms with Gasteiger partial charge in [-0.3, -0.25) is 9.59 Å². The number of ketones is 1. The predicted octanol–water partition coefficient (Wildman–Crippen LogP) is -0.172. The van der Waals surface area contributed by atoms with E-state index in [0.717, 1.165) is 0 Å². The van der Waals surface area contributed by atoms with Crippen LogP contribution >= 0.6 is 0 Å². The topological polar surface area (TPSA) is 81.7 Å². The Kier molecular flexibility index (Phi) is 7.62. The quantitative estimate of drug-likeness (QED) is 0.277. The zero-order chi connectivity index (χ0) is 13.3. The zero-order valence-electron chi connectivity index (χ0n) is 10.1. The maximum Gasteiger partial charge on any atom is 0.333 e. The second kappa shape index (κ2) is 8.46. The molecule has 0 rings (SSSR count). The van der Waals surface area contributed by atoms with E-state index in [1.807, 2.05) is 0 Å². The van der Waals surface area contributed by atoms with E-state index in [1.165, 1.54) is 6.92 Å². The van der Waals surface area contributed by atoms with E-state index in [9.17, 15) is 14.4 Å². The monoisotopic (exact) mass is 243 g/mol. The maximum absolute atomic E-state index is 10.9. The van der Waals surface area contributed by atoms with E-state index in [-0.39, 0.29) is 26.4 Å². The third-order valence-electron chi connectivity index (χ3n) is 1.66. The first-order valence-electron chi connectivity index (χ1n) is 5.14. The van der Waals surface area contributed by atoms with Gasteiger partial charge in [0, 0.05) is 19.0 Å². The molecular formula is C11H17NO5. The summed E-state index contributed by atoms with van der Waals surface area (Å²) in [6, 6.07) is 0. The molecule has 0 fully saturated rings. The summed E-state index contributed by atoms with van der Waals surface area (Å²) in [6.07, 6.45) is 0. The zero-order valence-corrected chi connectivity index (χ0v) is 10.1. The summed E-state index contributed by atoms with van der Waals surface area (Å²) in [5, 5.41) is 2.36. The van der Waals surface area contributed by atoms with Crippen molar-refractivity contribution >= 4 is 17.7 Å². The van der Waals surface area contributed by atoms with Gasteiger partial charge >= 0.3 is 5.97 Å². The van der Waals surface area contributed by atoms with E-state index < -0.39 is 17.7 Å². The van der Waals surface area contributed by atoms with Crippen LogP contribution in [0.3, 0.4) is 0 Å². The Morgan fingerprint density at radius 1 is 1.12 bits per heavy atom. The van der Waals surface area contributed by atoms with E-state index >= 15 is 0 Å². The lowest BCUT2D eigenvalue weighted by atomic mass is 10.4. The predicted molar refractivity (Wildman–Crippen MR) is 60.3 cm³/mol. The smallest absolute Gasteiger partial charge is 0.333 e. The standard InChI is InChI=1S/C11H17NO5/c1-8(2)11(15)17-7-6-16-5-4-12-10(14)9(3)13/h1,4-7H2,2-3H3,(H,12,14). The van der Waals surface area contributed by atoms with Crippen LogP contribution in [0.2, 0.25) is 0 Å². The van der Waals surface area contributed by atoms with Crippen molar-refractivity contribution in [3.63, 3.8) is 0 Å². The van der Waals surface area contributed by atoms with Gasteiger partial charge in [-0.15, -0.1) is 0 Å². The number of esters is 1. The minimum Gasteiger partial charge on any atom is -0.460 e. The van der Waals surface area contributed by atoms with Crippen LogP contribution in [-0.4, -0.2) is 44.0 Å². The Morgan fingerprint density at radius 2 is 1.76 bits per heavy atom. The molecule has 0 heterocycles. The molecule has 0 aromatic rings. The average molecular weight is 243 g/mol. The lowest BCUT2D eigenvalue weighted by Crippen LogP contribution is -2.32. The molecule has 0 unspecified atom stereocenters. The van der Waals surface area contributed by atoms with Gasteiger partial charge in [0.2, 0.25) is 5.78 Å². The van der Waals surface area contributed by atoms with Crippen molar-refractivity contribution < 1.29 is 23.9 Å². The fraction of sp³-hybridized carbons (Fsp3) is 0.545. The molecule has 0 bridgehead atoms. The van der Waals surface area contributed by atoms with Gasteiger partial charge in [-0.05, 0) is 6.92 Å². The van der Waals surface area contributed by atoms with Crippen LogP contribution < -0.4 is 5.32 Å². The molecular weight excluding hydrogens is 226 g/mol. The lowest BCUT2D eigenvalue weighted by molar-refractivity contribution is -0.140. The van der Waals surface area contributed by atoms with E-state index in [2.05, 4.69) is 11.9 Å². The molecule has 0 saturated heterocycles. The number of rotatable bonds is 8. The van der Waals surface area contributed by atoms with Gasteiger partial charge in [-0.1, -0.05) is 6.58 Å². The number of carbonyl (C=O) groups is 3. The van der Waals surface area contributed by atoms with Crippen molar-refractivity contribution in [2.45, 2.75) is 13.8 Å². The summed E-state index contributed by atoms with van der Waals surface area (Å²) in [4.78, 5) is 32.3. The van der Waals surface area contributed by atoms with Crippen LogP contribution in [0.25, 0.3) is 0 Å². The summed E-state index contributed by atoms with van der Waals surface area (Å²) < 4.78 is 9.83. The highest BCUT2D eigenvalue weighted by atomic mass is 16.6. The van der Waals surface area contributed by atoms with Crippen molar-refractivity contribution in [3.05, 3.63) is 12.2 Å². The molecule has 0 aliphatic heterocycles. The first kappa shape index (κ1) is 15.3. The van der Waals surface area contributed by atoms with E-state index in [4.69, 9.17) is 9.47 Å². The molecule has 1 N–H and O–H groups in total. The number of hydrogen-bond acceptors (Lipinski definition) is 5. The van der Waals surface area contributed by atoms with Gasteiger partial charge in [0.1, 0.15) is 6.61 Å². The van der Waals surface area contributed by atoms with Crippen LogP contribution in [0.4, 0.5) is 0 Å². The van der Waals surface area contributed by atoms with Gasteiger partial charge < -0.3 is 14.8 Å². The maximum atomic E-state index is 10.9. The Hall–Kier alpha value is -1.69. The third kappa shape index (κ3) is 8.15. The molecule has 0 aliphatic rings. The third-order valence-corrected chi connectivity index (χ3v) is 1.66. The van der Waals surface area contributed by atoms with Crippen molar-refractivity contribution in [1.82, 2.24) is 5.32 Å². The number of amides is 1. The summed E-state index contributed by atoms with van der Waals surface area (Å²) >= 11 is 0. The molecule has 6 nitrogen and oxygen atoms in total. The second-order valence-electron chi connectivity index (χ2n) is 3.34. The fourth-order valence-electron chi connectivity index (χ4n) is 0.780. The number of Topliss-reactive ketones (excluding diaryl/α,β-unsaturated/α-hetero) is 1. The average Bonchev–Trinajstić information content (AvgIpc) is 2.26. The van der Waals surface area contributed by atoms with Crippen LogP contribution in [-0.2, 0) is 23.9 Å². The van der Waals surface area contributed by atoms with E-state index in [1.54, 1.807) is 6.92 Å². The minimum absolute atomic E-state index is 0.131. The summed E-state index contributed by atoms with van der Waals surface area (Å²) in [5.41, 5.74) is 0.332. The van der Waals surface area contributed by atoms with Crippen LogP contribution in [0.1, 0.15) is 13.8 Å². The Balaban J connectivity index is 3.36. The van der Waals surface area contributed by atoms with Gasteiger partial charge in [0.25, 0.3) is 5.91 Å². The first-order chi connectivity index (χ1) is 7.95. The molecule has 17 heavy (non-hydrogen) atoms. The molecule has 6 heteroatoms. The first-order valence-corrected chi connectivity index (χ1v) is 5.14. The highest BCUT2D eigenvalue weighted by Crippen LogP contribution is 1.91. The molecule has 0 radical (unpaired) electrons. The molecule has 0 atom stereocenters. The molecule has 0 spiro atoms. The minimum atomic E-state index is -0.637. The van der Waals surface area contributed by atoms with Crippen molar-refractivity contribution in [3.8, 4) is 0 Å². The van der Waals surface area contributed by atoms with Gasteiger partial charge in [-0.25, -0.2) is 4.79 Å². The second-order valence-corrected chi connectivity index (χ2v) is 3.34. The van der Waals surface area contributed by atoms with Crippen molar-refractivity contribution in [2.24, 2.45) is 0 Å². The summed E-state index contributed by atoms with van der Waals surface area (Å²) in [6.45, 7) is 7.03. The van der Waals surface area contributed by atoms with Crippen LogP contribution in [0.15, 0.2) is 12.2 Å². The van der Waals surface area contributed by atoms with Gasteiger partial charge in [-0.2, -0.15) is 0 Å². The Bertz CT molecular complexity index is 281. The molecule has 1 amide bonds. The van der Waals surface area contributed by atoms with Crippen molar-refractivity contribution in [2.75, 3.05) is 26.4 Å². The van der Waals surface area contributed by atoms with Crippen LogP contribution in [0.5, 0.6) is 0 Å². The summed E-state index contributed by atoms with van der Waals surface area (Å²) in [5.74, 6) is -1.64. The number of nitrogens with one attached hydrogen (secondary N) is 1. The SMILES string of the molecule is C=C(C)C(=O)OCCOCCNC(=O)C(C)=O. The molecule has 0 aromatic carbocycles.